The number of hydrogen-bond donors (Lipinski definition) is 0. The molecule has 0 fully saturated rings. The molecule has 0 unspecified atom stereocenters. The first-order chi connectivity index (χ1) is 15.1. The molecule has 0 spiro atoms. The zero-order valence-corrected chi connectivity index (χ0v) is 17.6. The molecule has 0 saturated heterocycles. The van der Waals surface area contributed by atoms with Crippen molar-refractivity contribution < 1.29 is 13.2 Å². The molecular formula is C28H25F3. The van der Waals surface area contributed by atoms with Gasteiger partial charge in [-0.25, -0.2) is 13.2 Å². The molecule has 158 valence electrons. The van der Waals surface area contributed by atoms with Crippen LogP contribution in [0.2, 0.25) is 0 Å². The Morgan fingerprint density at radius 3 is 2.10 bits per heavy atom. The Morgan fingerprint density at radius 2 is 1.35 bits per heavy atom. The summed E-state index contributed by atoms with van der Waals surface area (Å²) in [5.41, 5.74) is 4.15. The summed E-state index contributed by atoms with van der Waals surface area (Å²) in [6.07, 6.45) is 6.02. The summed E-state index contributed by atoms with van der Waals surface area (Å²) >= 11 is 0. The maximum absolute atomic E-state index is 14.9. The Labute approximate surface area is 181 Å². The number of halogens is 3. The van der Waals surface area contributed by atoms with Gasteiger partial charge in [0, 0.05) is 10.9 Å². The molecule has 0 heterocycles. The third kappa shape index (κ3) is 4.66. The SMILES string of the molecule is CCCCCCc1ccc(-c2ccc(-c3ccc4c(F)c(F)ccc4c3)c(F)c2)cc1. The molecule has 31 heavy (non-hydrogen) atoms. The smallest absolute Gasteiger partial charge is 0.166 e. The average Bonchev–Trinajstić information content (AvgIpc) is 2.79. The van der Waals surface area contributed by atoms with Crippen LogP contribution in [0.25, 0.3) is 33.0 Å². The van der Waals surface area contributed by atoms with Gasteiger partial charge in [-0.1, -0.05) is 80.8 Å². The minimum Gasteiger partial charge on any atom is -0.206 e. The summed E-state index contributed by atoms with van der Waals surface area (Å²) in [5, 5.41) is 0.727. The van der Waals surface area contributed by atoms with Crippen molar-refractivity contribution >= 4 is 10.8 Å². The fourth-order valence-corrected chi connectivity index (χ4v) is 3.98. The number of hydrogen-bond acceptors (Lipinski definition) is 0. The molecule has 0 atom stereocenters. The number of rotatable bonds is 7. The molecule has 0 saturated carbocycles. The summed E-state index contributed by atoms with van der Waals surface area (Å²) in [6, 6.07) is 20.9. The normalized spacial score (nSPS) is 11.2. The Kier molecular flexibility index (Phi) is 6.41. The highest BCUT2D eigenvalue weighted by atomic mass is 19.2. The zero-order valence-electron chi connectivity index (χ0n) is 17.6. The minimum atomic E-state index is -0.886. The molecule has 4 rings (SSSR count). The molecule has 3 heteroatoms. The first-order valence-electron chi connectivity index (χ1n) is 10.8. The molecule has 0 amide bonds. The molecule has 0 aliphatic heterocycles. The third-order valence-corrected chi connectivity index (χ3v) is 5.79. The Morgan fingerprint density at radius 1 is 0.613 bits per heavy atom. The van der Waals surface area contributed by atoms with Crippen LogP contribution in [0.1, 0.15) is 38.2 Å². The van der Waals surface area contributed by atoms with Gasteiger partial charge in [0.05, 0.1) is 0 Å². The standard InChI is InChI=1S/C28H25F3/c1-2-3-4-5-6-19-7-9-20(10-8-19)21-11-14-24(27(30)18-21)22-12-15-25-23(17-22)13-16-26(29)28(25)31/h7-18H,2-6H2,1H3. The zero-order chi connectivity index (χ0) is 21.8. The van der Waals surface area contributed by atoms with E-state index in [0.29, 0.717) is 16.5 Å². The number of benzene rings is 4. The van der Waals surface area contributed by atoms with E-state index in [-0.39, 0.29) is 11.2 Å². The summed E-state index contributed by atoms with van der Waals surface area (Å²) in [6.45, 7) is 2.21. The van der Waals surface area contributed by atoms with Crippen molar-refractivity contribution in [1.29, 1.82) is 0 Å². The van der Waals surface area contributed by atoms with Gasteiger partial charge in [-0.2, -0.15) is 0 Å². The lowest BCUT2D eigenvalue weighted by atomic mass is 9.96. The van der Waals surface area contributed by atoms with E-state index < -0.39 is 11.6 Å². The highest BCUT2D eigenvalue weighted by Crippen LogP contribution is 2.31. The van der Waals surface area contributed by atoms with Crippen molar-refractivity contribution in [3.05, 3.63) is 95.8 Å². The summed E-state index contributed by atoms with van der Waals surface area (Å²) in [5.74, 6) is -2.11. The van der Waals surface area contributed by atoms with Gasteiger partial charge in [-0.15, -0.1) is 0 Å². The van der Waals surface area contributed by atoms with E-state index in [4.69, 9.17) is 0 Å². The molecule has 0 aromatic heterocycles. The molecule has 0 bridgehead atoms. The Bertz CT molecular complexity index is 1190. The second-order valence-electron chi connectivity index (χ2n) is 8.00. The maximum atomic E-state index is 14.9. The van der Waals surface area contributed by atoms with Crippen LogP contribution in [0.5, 0.6) is 0 Å². The largest absolute Gasteiger partial charge is 0.206 e. The summed E-state index contributed by atoms with van der Waals surface area (Å²) in [4.78, 5) is 0. The molecule has 0 nitrogen and oxygen atoms in total. The number of unbranched alkanes of at least 4 members (excludes halogenated alkanes) is 3. The summed E-state index contributed by atoms with van der Waals surface area (Å²) in [7, 11) is 0. The van der Waals surface area contributed by atoms with Crippen LogP contribution in [-0.4, -0.2) is 0 Å². The maximum Gasteiger partial charge on any atom is 0.166 e. The lowest BCUT2D eigenvalue weighted by Gasteiger charge is -2.09. The first kappa shape index (κ1) is 21.2. The van der Waals surface area contributed by atoms with Gasteiger partial charge in [-0.05, 0) is 58.7 Å². The summed E-state index contributed by atoms with van der Waals surface area (Å²) < 4.78 is 42.3. The van der Waals surface area contributed by atoms with Crippen LogP contribution in [0.4, 0.5) is 13.2 Å². The third-order valence-electron chi connectivity index (χ3n) is 5.79. The topological polar surface area (TPSA) is 0 Å². The first-order valence-corrected chi connectivity index (χ1v) is 10.8. The molecule has 0 N–H and O–H groups in total. The second-order valence-corrected chi connectivity index (χ2v) is 8.00. The van der Waals surface area contributed by atoms with Crippen LogP contribution in [0.15, 0.2) is 72.8 Å². The van der Waals surface area contributed by atoms with Crippen molar-refractivity contribution in [2.24, 2.45) is 0 Å². The van der Waals surface area contributed by atoms with Crippen molar-refractivity contribution in [2.75, 3.05) is 0 Å². The highest BCUT2D eigenvalue weighted by Gasteiger charge is 2.11. The molecule has 0 radical (unpaired) electrons. The van der Waals surface area contributed by atoms with E-state index in [1.165, 1.54) is 49.4 Å². The highest BCUT2D eigenvalue weighted by molar-refractivity contribution is 5.88. The van der Waals surface area contributed by atoms with E-state index >= 15 is 0 Å². The minimum absolute atomic E-state index is 0.190. The van der Waals surface area contributed by atoms with E-state index in [0.717, 1.165) is 23.6 Å². The van der Waals surface area contributed by atoms with Crippen LogP contribution in [0.3, 0.4) is 0 Å². The number of aryl methyl sites for hydroxylation is 1. The monoisotopic (exact) mass is 418 g/mol. The molecule has 4 aromatic carbocycles. The molecule has 4 aromatic rings. The van der Waals surface area contributed by atoms with Gasteiger partial charge >= 0.3 is 0 Å². The molecule has 0 aliphatic rings. The van der Waals surface area contributed by atoms with Gasteiger partial charge in [0.15, 0.2) is 11.6 Å². The lowest BCUT2D eigenvalue weighted by molar-refractivity contribution is 0.517. The van der Waals surface area contributed by atoms with Gasteiger partial charge in [0.2, 0.25) is 0 Å². The fraction of sp³-hybridized carbons (Fsp3) is 0.214. The van der Waals surface area contributed by atoms with Gasteiger partial charge in [-0.3, -0.25) is 0 Å². The van der Waals surface area contributed by atoms with Crippen LogP contribution in [0, 0.1) is 17.5 Å². The van der Waals surface area contributed by atoms with Gasteiger partial charge < -0.3 is 0 Å². The molecular weight excluding hydrogens is 393 g/mol. The van der Waals surface area contributed by atoms with Crippen molar-refractivity contribution in [3.63, 3.8) is 0 Å². The van der Waals surface area contributed by atoms with E-state index in [1.54, 1.807) is 18.2 Å². The van der Waals surface area contributed by atoms with Crippen molar-refractivity contribution in [1.82, 2.24) is 0 Å². The van der Waals surface area contributed by atoms with Gasteiger partial charge in [0.1, 0.15) is 5.82 Å². The number of fused-ring (bicyclic) bond motifs is 1. The van der Waals surface area contributed by atoms with E-state index in [2.05, 4.69) is 19.1 Å². The average molecular weight is 419 g/mol. The van der Waals surface area contributed by atoms with Crippen LogP contribution in [-0.2, 0) is 6.42 Å². The fourth-order valence-electron chi connectivity index (χ4n) is 3.98. The van der Waals surface area contributed by atoms with Gasteiger partial charge in [0.25, 0.3) is 0 Å². The lowest BCUT2D eigenvalue weighted by Crippen LogP contribution is -1.90. The van der Waals surface area contributed by atoms with Crippen LogP contribution < -0.4 is 0 Å². The van der Waals surface area contributed by atoms with E-state index in [1.807, 2.05) is 18.2 Å². The predicted octanol–water partition coefficient (Wildman–Crippen LogP) is 8.71. The van der Waals surface area contributed by atoms with Crippen molar-refractivity contribution in [3.8, 4) is 22.3 Å². The molecule has 0 aliphatic carbocycles. The van der Waals surface area contributed by atoms with Crippen LogP contribution >= 0.6 is 0 Å². The van der Waals surface area contributed by atoms with E-state index in [9.17, 15) is 13.2 Å². The predicted molar refractivity (Wildman–Crippen MR) is 123 cm³/mol. The second kappa shape index (κ2) is 9.38. The Balaban J connectivity index is 1.56. The quantitative estimate of drug-likeness (QED) is 0.263. The Hall–Kier alpha value is -3.07. The van der Waals surface area contributed by atoms with Crippen molar-refractivity contribution in [2.45, 2.75) is 39.0 Å².